The highest BCUT2D eigenvalue weighted by Gasteiger charge is 2.35. The molecule has 0 amide bonds. The standard InChI is InChI=1S/C13H17NO/c15-12-8-10-4-1-2-7-11(10)14-13(12)9-5-3-6-9/h1-2,4,7,9,12-15H,3,5-6,8H2. The Morgan fingerprint density at radius 2 is 2.00 bits per heavy atom. The molecule has 2 atom stereocenters. The maximum absolute atomic E-state index is 10.1. The van der Waals surface area contributed by atoms with Crippen LogP contribution < -0.4 is 5.32 Å². The van der Waals surface area contributed by atoms with Gasteiger partial charge in [-0.3, -0.25) is 0 Å². The monoisotopic (exact) mass is 203 g/mol. The third-order valence-electron chi connectivity index (χ3n) is 3.84. The van der Waals surface area contributed by atoms with Crippen LogP contribution in [0.1, 0.15) is 24.8 Å². The van der Waals surface area contributed by atoms with Gasteiger partial charge in [0.2, 0.25) is 0 Å². The molecule has 0 bridgehead atoms. The predicted molar refractivity (Wildman–Crippen MR) is 60.9 cm³/mol. The molecular formula is C13H17NO. The zero-order valence-electron chi connectivity index (χ0n) is 8.82. The lowest BCUT2D eigenvalue weighted by Gasteiger charge is -2.41. The smallest absolute Gasteiger partial charge is 0.0784 e. The number of anilines is 1. The molecule has 1 aromatic rings. The van der Waals surface area contributed by atoms with Crippen LogP contribution in [0.3, 0.4) is 0 Å². The summed E-state index contributed by atoms with van der Waals surface area (Å²) in [5.74, 6) is 0.688. The minimum Gasteiger partial charge on any atom is -0.391 e. The third-order valence-corrected chi connectivity index (χ3v) is 3.84. The van der Waals surface area contributed by atoms with Gasteiger partial charge < -0.3 is 10.4 Å². The molecule has 2 N–H and O–H groups in total. The number of benzene rings is 1. The van der Waals surface area contributed by atoms with Gasteiger partial charge in [-0.25, -0.2) is 0 Å². The van der Waals surface area contributed by atoms with Gasteiger partial charge in [0, 0.05) is 12.1 Å². The maximum atomic E-state index is 10.1. The number of nitrogens with one attached hydrogen (secondary N) is 1. The lowest BCUT2D eigenvalue weighted by Crippen LogP contribution is -2.46. The summed E-state index contributed by atoms with van der Waals surface area (Å²) in [4.78, 5) is 0. The van der Waals surface area contributed by atoms with Gasteiger partial charge in [-0.05, 0) is 30.4 Å². The van der Waals surface area contributed by atoms with E-state index < -0.39 is 0 Å². The van der Waals surface area contributed by atoms with Crippen molar-refractivity contribution in [1.29, 1.82) is 0 Å². The Morgan fingerprint density at radius 3 is 2.73 bits per heavy atom. The molecule has 80 valence electrons. The van der Waals surface area contributed by atoms with Crippen molar-refractivity contribution in [2.75, 3.05) is 5.32 Å². The molecule has 0 saturated heterocycles. The van der Waals surface area contributed by atoms with Gasteiger partial charge in [0.25, 0.3) is 0 Å². The van der Waals surface area contributed by atoms with Gasteiger partial charge in [-0.2, -0.15) is 0 Å². The lowest BCUT2D eigenvalue weighted by atomic mass is 9.75. The van der Waals surface area contributed by atoms with Gasteiger partial charge >= 0.3 is 0 Å². The maximum Gasteiger partial charge on any atom is 0.0784 e. The van der Waals surface area contributed by atoms with Gasteiger partial charge in [0.15, 0.2) is 0 Å². The SMILES string of the molecule is OC1Cc2ccccc2NC1C1CCC1. The molecule has 1 aliphatic heterocycles. The number of fused-ring (bicyclic) bond motifs is 1. The Balaban J connectivity index is 1.85. The lowest BCUT2D eigenvalue weighted by molar-refractivity contribution is 0.0961. The molecule has 3 rings (SSSR count). The van der Waals surface area contributed by atoms with E-state index in [9.17, 15) is 5.11 Å². The van der Waals surface area contributed by atoms with Crippen molar-refractivity contribution in [2.24, 2.45) is 5.92 Å². The summed E-state index contributed by atoms with van der Waals surface area (Å²) in [6.07, 6.45) is 4.49. The van der Waals surface area contributed by atoms with Gasteiger partial charge in [-0.15, -0.1) is 0 Å². The van der Waals surface area contributed by atoms with Crippen molar-refractivity contribution < 1.29 is 5.11 Å². The van der Waals surface area contributed by atoms with Crippen LogP contribution in [-0.4, -0.2) is 17.3 Å². The molecule has 0 aromatic heterocycles. The van der Waals surface area contributed by atoms with E-state index in [1.54, 1.807) is 0 Å². The fraction of sp³-hybridized carbons (Fsp3) is 0.538. The molecule has 1 heterocycles. The topological polar surface area (TPSA) is 32.3 Å². The molecule has 2 aliphatic rings. The molecule has 1 saturated carbocycles. The summed E-state index contributed by atoms with van der Waals surface area (Å²) < 4.78 is 0. The largest absolute Gasteiger partial charge is 0.391 e. The van der Waals surface area contributed by atoms with Crippen LogP contribution in [0.15, 0.2) is 24.3 Å². The molecule has 0 radical (unpaired) electrons. The van der Waals surface area contributed by atoms with E-state index in [0.717, 1.165) is 6.42 Å². The minimum absolute atomic E-state index is 0.204. The van der Waals surface area contributed by atoms with Crippen LogP contribution in [-0.2, 0) is 6.42 Å². The van der Waals surface area contributed by atoms with Crippen molar-refractivity contribution in [2.45, 2.75) is 37.8 Å². The number of hydrogen-bond donors (Lipinski definition) is 2. The van der Waals surface area contributed by atoms with Crippen LogP contribution in [0.2, 0.25) is 0 Å². The van der Waals surface area contributed by atoms with E-state index >= 15 is 0 Å². The van der Waals surface area contributed by atoms with Crippen molar-refractivity contribution >= 4 is 5.69 Å². The Hall–Kier alpha value is -1.02. The summed E-state index contributed by atoms with van der Waals surface area (Å²) in [5, 5.41) is 13.6. The first-order valence-electron chi connectivity index (χ1n) is 5.87. The Labute approximate surface area is 90.3 Å². The zero-order valence-corrected chi connectivity index (χ0v) is 8.82. The number of rotatable bonds is 1. The molecular weight excluding hydrogens is 186 g/mol. The molecule has 15 heavy (non-hydrogen) atoms. The average molecular weight is 203 g/mol. The summed E-state index contributed by atoms with van der Waals surface area (Å²) in [6, 6.07) is 8.60. The van der Waals surface area contributed by atoms with Crippen LogP contribution in [0.25, 0.3) is 0 Å². The molecule has 2 nitrogen and oxygen atoms in total. The van der Waals surface area contributed by atoms with Gasteiger partial charge in [0.1, 0.15) is 0 Å². The first-order valence-corrected chi connectivity index (χ1v) is 5.87. The van der Waals surface area contributed by atoms with Crippen LogP contribution in [0.5, 0.6) is 0 Å². The quantitative estimate of drug-likeness (QED) is 0.733. The number of hydrogen-bond acceptors (Lipinski definition) is 2. The fourth-order valence-corrected chi connectivity index (χ4v) is 2.70. The number of aliphatic hydroxyl groups is 1. The first kappa shape index (κ1) is 9.22. The van der Waals surface area contributed by atoms with Crippen molar-refractivity contribution in [3.63, 3.8) is 0 Å². The summed E-state index contributed by atoms with van der Waals surface area (Å²) in [6.45, 7) is 0. The number of aliphatic hydroxyl groups excluding tert-OH is 1. The Kier molecular flexibility index (Phi) is 2.17. The van der Waals surface area contributed by atoms with E-state index in [1.165, 1.54) is 30.5 Å². The molecule has 1 aliphatic carbocycles. The van der Waals surface area contributed by atoms with Crippen LogP contribution >= 0.6 is 0 Å². The average Bonchev–Trinajstić information content (AvgIpc) is 2.16. The summed E-state index contributed by atoms with van der Waals surface area (Å²) in [7, 11) is 0. The van der Waals surface area contributed by atoms with Crippen molar-refractivity contribution in [3.05, 3.63) is 29.8 Å². The van der Waals surface area contributed by atoms with Crippen LogP contribution in [0, 0.1) is 5.92 Å². The highest BCUT2D eigenvalue weighted by molar-refractivity contribution is 5.54. The molecule has 2 heteroatoms. The zero-order chi connectivity index (χ0) is 10.3. The summed E-state index contributed by atoms with van der Waals surface area (Å²) in [5.41, 5.74) is 2.47. The van der Waals surface area contributed by atoms with E-state index in [4.69, 9.17) is 0 Å². The van der Waals surface area contributed by atoms with Crippen LogP contribution in [0.4, 0.5) is 5.69 Å². The Morgan fingerprint density at radius 1 is 1.20 bits per heavy atom. The second-order valence-electron chi connectivity index (χ2n) is 4.79. The van der Waals surface area contributed by atoms with Gasteiger partial charge in [0.05, 0.1) is 12.1 Å². The highest BCUT2D eigenvalue weighted by Crippen LogP contribution is 2.36. The predicted octanol–water partition coefficient (Wildman–Crippen LogP) is 2.18. The minimum atomic E-state index is -0.204. The highest BCUT2D eigenvalue weighted by atomic mass is 16.3. The summed E-state index contributed by atoms with van der Waals surface area (Å²) >= 11 is 0. The normalized spacial score (nSPS) is 30.2. The Bertz CT molecular complexity index is 359. The van der Waals surface area contributed by atoms with E-state index in [-0.39, 0.29) is 12.1 Å². The molecule has 0 spiro atoms. The van der Waals surface area contributed by atoms with E-state index in [1.807, 2.05) is 6.07 Å². The van der Waals surface area contributed by atoms with E-state index in [2.05, 4.69) is 23.5 Å². The molecule has 2 unspecified atom stereocenters. The third kappa shape index (κ3) is 1.53. The fourth-order valence-electron chi connectivity index (χ4n) is 2.70. The van der Waals surface area contributed by atoms with E-state index in [0.29, 0.717) is 5.92 Å². The van der Waals surface area contributed by atoms with Gasteiger partial charge in [-0.1, -0.05) is 24.6 Å². The number of para-hydroxylation sites is 1. The molecule has 1 aromatic carbocycles. The van der Waals surface area contributed by atoms with Crippen molar-refractivity contribution in [1.82, 2.24) is 0 Å². The molecule has 1 fully saturated rings. The first-order chi connectivity index (χ1) is 7.34. The second-order valence-corrected chi connectivity index (χ2v) is 4.79. The second kappa shape index (κ2) is 3.53. The van der Waals surface area contributed by atoms with Crippen molar-refractivity contribution in [3.8, 4) is 0 Å².